The minimum atomic E-state index is -0.383. The molecular formula is C19H19N3O3. The number of fused-ring (bicyclic) bond motifs is 2. The Morgan fingerprint density at radius 2 is 2.20 bits per heavy atom. The van der Waals surface area contributed by atoms with Gasteiger partial charge in [0, 0.05) is 18.7 Å². The van der Waals surface area contributed by atoms with Crippen LogP contribution < -0.4 is 16.0 Å². The molecule has 1 unspecified atom stereocenters. The number of hydrogen-bond donors (Lipinski definition) is 1. The van der Waals surface area contributed by atoms with Gasteiger partial charge in [0.05, 0.1) is 12.6 Å². The summed E-state index contributed by atoms with van der Waals surface area (Å²) in [6, 6.07) is 9.43. The maximum atomic E-state index is 12.7. The number of benzene rings is 1. The largest absolute Gasteiger partial charge is 0.497 e. The first-order chi connectivity index (χ1) is 12.2. The van der Waals surface area contributed by atoms with Crippen molar-refractivity contribution in [3.05, 3.63) is 68.5 Å². The van der Waals surface area contributed by atoms with Gasteiger partial charge in [0.2, 0.25) is 0 Å². The normalized spacial score (nSPS) is 16.6. The molecule has 1 aliphatic carbocycles. The van der Waals surface area contributed by atoms with E-state index in [2.05, 4.69) is 22.1 Å². The van der Waals surface area contributed by atoms with Crippen LogP contribution in [-0.2, 0) is 13.0 Å². The molecule has 6 heteroatoms. The van der Waals surface area contributed by atoms with E-state index in [0.717, 1.165) is 25.0 Å². The van der Waals surface area contributed by atoms with Crippen molar-refractivity contribution in [1.82, 2.24) is 14.5 Å². The molecule has 1 aliphatic rings. The highest BCUT2D eigenvalue weighted by Gasteiger charge is 2.23. The van der Waals surface area contributed by atoms with Crippen molar-refractivity contribution in [2.24, 2.45) is 0 Å². The summed E-state index contributed by atoms with van der Waals surface area (Å²) in [7, 11) is 1.66. The molecule has 0 saturated carbocycles. The average molecular weight is 337 g/mol. The predicted molar refractivity (Wildman–Crippen MR) is 95.3 cm³/mol. The summed E-state index contributed by atoms with van der Waals surface area (Å²) in [6.07, 6.45) is 4.54. The topological polar surface area (TPSA) is 77.0 Å². The van der Waals surface area contributed by atoms with Gasteiger partial charge in [0.25, 0.3) is 5.56 Å². The highest BCUT2D eigenvalue weighted by molar-refractivity contribution is 5.71. The van der Waals surface area contributed by atoms with Crippen LogP contribution in [0.3, 0.4) is 0 Å². The summed E-state index contributed by atoms with van der Waals surface area (Å²) in [4.78, 5) is 32.0. The monoisotopic (exact) mass is 337 g/mol. The van der Waals surface area contributed by atoms with Crippen LogP contribution in [0.2, 0.25) is 0 Å². The Labute approximate surface area is 144 Å². The molecule has 4 rings (SSSR count). The zero-order chi connectivity index (χ0) is 17.4. The number of pyridine rings is 1. The standard InChI is InChI=1S/C19H19N3O3/c1-25-14-7-8-15-12(10-14)4-2-5-13(15)11-22-18(23)17-16(21-19(22)24)6-3-9-20-17/h3,6-10,13H,2,4-5,11H2,1H3,(H,21,24). The van der Waals surface area contributed by atoms with E-state index in [1.165, 1.54) is 15.7 Å². The van der Waals surface area contributed by atoms with Crippen molar-refractivity contribution in [2.45, 2.75) is 31.7 Å². The van der Waals surface area contributed by atoms with Crippen LogP contribution in [0.1, 0.15) is 29.9 Å². The average Bonchev–Trinajstić information content (AvgIpc) is 2.64. The number of ether oxygens (including phenoxy) is 1. The van der Waals surface area contributed by atoms with Gasteiger partial charge in [0.1, 0.15) is 5.75 Å². The molecule has 2 heterocycles. The third-order valence-electron chi connectivity index (χ3n) is 4.93. The number of H-pyrrole nitrogens is 1. The lowest BCUT2D eigenvalue weighted by atomic mass is 9.82. The maximum absolute atomic E-state index is 12.7. The van der Waals surface area contributed by atoms with E-state index >= 15 is 0 Å². The van der Waals surface area contributed by atoms with Gasteiger partial charge in [0.15, 0.2) is 5.52 Å². The van der Waals surface area contributed by atoms with Crippen molar-refractivity contribution < 1.29 is 4.74 Å². The SMILES string of the molecule is COc1ccc2c(c1)CCCC2Cn1c(=O)[nH]c2cccnc2c1=O. The van der Waals surface area contributed by atoms with E-state index in [9.17, 15) is 9.59 Å². The third-order valence-corrected chi connectivity index (χ3v) is 4.93. The Morgan fingerprint density at radius 1 is 1.32 bits per heavy atom. The molecule has 0 fully saturated rings. The highest BCUT2D eigenvalue weighted by atomic mass is 16.5. The minimum Gasteiger partial charge on any atom is -0.497 e. The number of aromatic nitrogens is 3. The minimum absolute atomic E-state index is 0.134. The molecule has 0 amide bonds. The molecule has 1 atom stereocenters. The fourth-order valence-electron chi connectivity index (χ4n) is 3.67. The van der Waals surface area contributed by atoms with Crippen molar-refractivity contribution >= 4 is 11.0 Å². The van der Waals surface area contributed by atoms with E-state index in [0.29, 0.717) is 17.6 Å². The molecule has 25 heavy (non-hydrogen) atoms. The number of methoxy groups -OCH3 is 1. The van der Waals surface area contributed by atoms with Gasteiger partial charge in [-0.1, -0.05) is 6.07 Å². The molecule has 0 spiro atoms. The lowest BCUT2D eigenvalue weighted by molar-refractivity contribution is 0.411. The van der Waals surface area contributed by atoms with Crippen LogP contribution in [0, 0.1) is 0 Å². The molecule has 6 nitrogen and oxygen atoms in total. The van der Waals surface area contributed by atoms with Crippen LogP contribution in [0.5, 0.6) is 5.75 Å². The number of aromatic amines is 1. The van der Waals surface area contributed by atoms with Crippen molar-refractivity contribution in [3.63, 3.8) is 0 Å². The Morgan fingerprint density at radius 3 is 3.04 bits per heavy atom. The van der Waals surface area contributed by atoms with Gasteiger partial charge >= 0.3 is 5.69 Å². The van der Waals surface area contributed by atoms with Crippen molar-refractivity contribution in [1.29, 1.82) is 0 Å². The molecule has 0 aliphatic heterocycles. The van der Waals surface area contributed by atoms with Crippen LogP contribution in [0.25, 0.3) is 11.0 Å². The number of nitrogens with zero attached hydrogens (tertiary/aromatic N) is 2. The summed E-state index contributed by atoms with van der Waals surface area (Å²) in [6.45, 7) is 0.361. The summed E-state index contributed by atoms with van der Waals surface area (Å²) >= 11 is 0. The summed E-state index contributed by atoms with van der Waals surface area (Å²) in [5.74, 6) is 0.971. The van der Waals surface area contributed by atoms with Crippen LogP contribution >= 0.6 is 0 Å². The van der Waals surface area contributed by atoms with Crippen molar-refractivity contribution in [2.75, 3.05) is 7.11 Å². The second kappa shape index (κ2) is 6.20. The number of aryl methyl sites for hydroxylation is 1. The molecule has 2 aromatic heterocycles. The second-order valence-electron chi connectivity index (χ2n) is 6.40. The summed E-state index contributed by atoms with van der Waals surface area (Å²) in [5, 5.41) is 0. The fourth-order valence-corrected chi connectivity index (χ4v) is 3.67. The predicted octanol–water partition coefficient (Wildman–Crippen LogP) is 2.21. The van der Waals surface area contributed by atoms with Gasteiger partial charge in [-0.05, 0) is 54.7 Å². The lowest BCUT2D eigenvalue weighted by Gasteiger charge is -2.26. The second-order valence-corrected chi connectivity index (χ2v) is 6.40. The first-order valence-electron chi connectivity index (χ1n) is 8.42. The zero-order valence-electron chi connectivity index (χ0n) is 14.0. The Bertz CT molecular complexity index is 1050. The quantitative estimate of drug-likeness (QED) is 0.795. The van der Waals surface area contributed by atoms with Crippen LogP contribution in [0.15, 0.2) is 46.1 Å². The third kappa shape index (κ3) is 2.73. The lowest BCUT2D eigenvalue weighted by Crippen LogP contribution is -2.37. The zero-order valence-corrected chi connectivity index (χ0v) is 14.0. The Kier molecular flexibility index (Phi) is 3.87. The summed E-state index contributed by atoms with van der Waals surface area (Å²) < 4.78 is 6.58. The highest BCUT2D eigenvalue weighted by Crippen LogP contribution is 2.34. The first kappa shape index (κ1) is 15.6. The van der Waals surface area contributed by atoms with Crippen molar-refractivity contribution in [3.8, 4) is 5.75 Å². The van der Waals surface area contributed by atoms with Gasteiger partial charge in [-0.15, -0.1) is 0 Å². The Balaban J connectivity index is 1.76. The maximum Gasteiger partial charge on any atom is 0.328 e. The molecule has 0 saturated heterocycles. The van der Waals surface area contributed by atoms with Gasteiger partial charge in [-0.25, -0.2) is 9.78 Å². The molecule has 128 valence electrons. The van der Waals surface area contributed by atoms with Gasteiger partial charge in [-0.3, -0.25) is 9.36 Å². The van der Waals surface area contributed by atoms with Gasteiger partial charge in [-0.2, -0.15) is 0 Å². The first-order valence-corrected chi connectivity index (χ1v) is 8.42. The molecule has 3 aromatic rings. The van der Waals surface area contributed by atoms with E-state index in [-0.39, 0.29) is 17.2 Å². The summed E-state index contributed by atoms with van der Waals surface area (Å²) in [5.41, 5.74) is 2.49. The molecule has 1 N–H and O–H groups in total. The smallest absolute Gasteiger partial charge is 0.328 e. The van der Waals surface area contributed by atoms with Crippen LogP contribution in [0.4, 0.5) is 0 Å². The van der Waals surface area contributed by atoms with Crippen LogP contribution in [-0.4, -0.2) is 21.6 Å². The molecule has 0 radical (unpaired) electrons. The van der Waals surface area contributed by atoms with E-state index in [1.54, 1.807) is 25.4 Å². The van der Waals surface area contributed by atoms with E-state index < -0.39 is 0 Å². The molecular weight excluding hydrogens is 318 g/mol. The molecule has 1 aromatic carbocycles. The molecule has 0 bridgehead atoms. The van der Waals surface area contributed by atoms with E-state index in [4.69, 9.17) is 4.74 Å². The number of hydrogen-bond acceptors (Lipinski definition) is 4. The number of rotatable bonds is 3. The fraction of sp³-hybridized carbons (Fsp3) is 0.316. The van der Waals surface area contributed by atoms with Gasteiger partial charge < -0.3 is 9.72 Å². The van der Waals surface area contributed by atoms with E-state index in [1.807, 2.05) is 6.07 Å². The number of nitrogens with one attached hydrogen (secondary N) is 1. The Hall–Kier alpha value is -2.89.